The number of carbonyl (C=O) groups excluding carboxylic acids is 1. The summed E-state index contributed by atoms with van der Waals surface area (Å²) >= 11 is 0. The molecule has 0 aliphatic heterocycles. The third-order valence-corrected chi connectivity index (χ3v) is 3.02. The highest BCUT2D eigenvalue weighted by Gasteiger charge is 2.15. The SMILES string of the molecule is Cc1ccoc1C(=O)Nc1c(C)ccc(N)c1C. The lowest BCUT2D eigenvalue weighted by Gasteiger charge is -2.12. The van der Waals surface area contributed by atoms with Gasteiger partial charge in [0.15, 0.2) is 5.76 Å². The van der Waals surface area contributed by atoms with E-state index in [-0.39, 0.29) is 5.91 Å². The summed E-state index contributed by atoms with van der Waals surface area (Å²) in [6.07, 6.45) is 1.50. The second-order valence-corrected chi connectivity index (χ2v) is 4.36. The standard InChI is InChI=1S/C14H16N2O2/c1-8-4-5-11(15)10(3)12(8)16-14(17)13-9(2)6-7-18-13/h4-7H,15H2,1-3H3,(H,16,17). The molecule has 1 amide bonds. The summed E-state index contributed by atoms with van der Waals surface area (Å²) in [6, 6.07) is 5.47. The van der Waals surface area contributed by atoms with Crippen molar-refractivity contribution >= 4 is 17.3 Å². The number of anilines is 2. The molecule has 4 heteroatoms. The molecule has 18 heavy (non-hydrogen) atoms. The number of furan rings is 1. The maximum atomic E-state index is 12.1. The van der Waals surface area contributed by atoms with Crippen molar-refractivity contribution in [1.29, 1.82) is 0 Å². The van der Waals surface area contributed by atoms with E-state index in [1.807, 2.05) is 32.9 Å². The fourth-order valence-electron chi connectivity index (χ4n) is 1.83. The molecule has 0 unspecified atom stereocenters. The van der Waals surface area contributed by atoms with Crippen LogP contribution in [-0.2, 0) is 0 Å². The average molecular weight is 244 g/mol. The lowest BCUT2D eigenvalue weighted by Crippen LogP contribution is -2.14. The molecular formula is C14H16N2O2. The lowest BCUT2D eigenvalue weighted by molar-refractivity contribution is 0.0995. The largest absolute Gasteiger partial charge is 0.459 e. The highest BCUT2D eigenvalue weighted by Crippen LogP contribution is 2.26. The van der Waals surface area contributed by atoms with Crippen molar-refractivity contribution in [3.05, 3.63) is 46.9 Å². The van der Waals surface area contributed by atoms with E-state index in [0.717, 1.165) is 22.4 Å². The Morgan fingerprint density at radius 1 is 1.17 bits per heavy atom. The minimum Gasteiger partial charge on any atom is -0.459 e. The molecule has 0 atom stereocenters. The molecule has 1 aromatic heterocycles. The zero-order valence-corrected chi connectivity index (χ0v) is 10.7. The lowest BCUT2D eigenvalue weighted by atomic mass is 10.1. The summed E-state index contributed by atoms with van der Waals surface area (Å²) in [6.45, 7) is 5.64. The fourth-order valence-corrected chi connectivity index (χ4v) is 1.83. The monoisotopic (exact) mass is 244 g/mol. The van der Waals surface area contributed by atoms with Gasteiger partial charge in [-0.1, -0.05) is 6.07 Å². The van der Waals surface area contributed by atoms with Crippen LogP contribution in [0.25, 0.3) is 0 Å². The van der Waals surface area contributed by atoms with Crippen LogP contribution >= 0.6 is 0 Å². The summed E-state index contributed by atoms with van der Waals surface area (Å²) in [5.41, 5.74) is 9.90. The number of nitrogens with two attached hydrogens (primary N) is 1. The van der Waals surface area contributed by atoms with Crippen molar-refractivity contribution < 1.29 is 9.21 Å². The summed E-state index contributed by atoms with van der Waals surface area (Å²) in [4.78, 5) is 12.1. The summed E-state index contributed by atoms with van der Waals surface area (Å²) < 4.78 is 5.16. The van der Waals surface area contributed by atoms with Gasteiger partial charge in [-0.15, -0.1) is 0 Å². The molecule has 1 aromatic carbocycles. The summed E-state index contributed by atoms with van der Waals surface area (Å²) in [7, 11) is 0. The van der Waals surface area contributed by atoms with E-state index in [9.17, 15) is 4.79 Å². The molecule has 0 saturated carbocycles. The van der Waals surface area contributed by atoms with Crippen LogP contribution in [0.2, 0.25) is 0 Å². The number of hydrogen-bond acceptors (Lipinski definition) is 3. The number of aryl methyl sites for hydroxylation is 2. The number of rotatable bonds is 2. The molecule has 0 spiro atoms. The Morgan fingerprint density at radius 2 is 1.89 bits per heavy atom. The third-order valence-electron chi connectivity index (χ3n) is 3.02. The average Bonchev–Trinajstić information content (AvgIpc) is 2.76. The molecule has 0 aliphatic rings. The van der Waals surface area contributed by atoms with Crippen LogP contribution in [0.5, 0.6) is 0 Å². The molecule has 0 fully saturated rings. The van der Waals surface area contributed by atoms with Gasteiger partial charge in [-0.3, -0.25) is 4.79 Å². The van der Waals surface area contributed by atoms with Gasteiger partial charge >= 0.3 is 0 Å². The van der Waals surface area contributed by atoms with Crippen LogP contribution < -0.4 is 11.1 Å². The number of nitrogens with one attached hydrogen (secondary N) is 1. The van der Waals surface area contributed by atoms with Gasteiger partial charge in [-0.05, 0) is 44.0 Å². The Hall–Kier alpha value is -2.23. The maximum absolute atomic E-state index is 12.1. The molecular weight excluding hydrogens is 228 g/mol. The molecule has 4 nitrogen and oxygen atoms in total. The molecule has 2 aromatic rings. The van der Waals surface area contributed by atoms with Crippen LogP contribution in [0, 0.1) is 20.8 Å². The third kappa shape index (κ3) is 2.09. The molecule has 94 valence electrons. The van der Waals surface area contributed by atoms with Crippen molar-refractivity contribution in [1.82, 2.24) is 0 Å². The van der Waals surface area contributed by atoms with Gasteiger partial charge < -0.3 is 15.5 Å². The van der Waals surface area contributed by atoms with Crippen molar-refractivity contribution in [2.45, 2.75) is 20.8 Å². The van der Waals surface area contributed by atoms with Crippen molar-refractivity contribution in [2.75, 3.05) is 11.1 Å². The van der Waals surface area contributed by atoms with E-state index in [2.05, 4.69) is 5.32 Å². The van der Waals surface area contributed by atoms with E-state index < -0.39 is 0 Å². The number of hydrogen-bond donors (Lipinski definition) is 2. The Morgan fingerprint density at radius 3 is 2.50 bits per heavy atom. The Kier molecular flexibility index (Phi) is 3.10. The predicted octanol–water partition coefficient (Wildman–Crippen LogP) is 3.04. The second kappa shape index (κ2) is 4.56. The van der Waals surface area contributed by atoms with Crippen LogP contribution in [0.1, 0.15) is 27.2 Å². The van der Waals surface area contributed by atoms with Crippen LogP contribution in [0.3, 0.4) is 0 Å². The van der Waals surface area contributed by atoms with Crippen molar-refractivity contribution in [3.8, 4) is 0 Å². The highest BCUT2D eigenvalue weighted by molar-refractivity contribution is 6.04. The smallest absolute Gasteiger partial charge is 0.291 e. The zero-order chi connectivity index (χ0) is 13.3. The number of amides is 1. The topological polar surface area (TPSA) is 68.3 Å². The Balaban J connectivity index is 2.33. The molecule has 0 bridgehead atoms. The summed E-state index contributed by atoms with van der Waals surface area (Å²) in [5.74, 6) is 0.0746. The van der Waals surface area contributed by atoms with Gasteiger partial charge in [0.25, 0.3) is 5.91 Å². The van der Waals surface area contributed by atoms with Crippen molar-refractivity contribution in [2.24, 2.45) is 0 Å². The highest BCUT2D eigenvalue weighted by atomic mass is 16.3. The molecule has 0 aliphatic carbocycles. The number of nitrogen functional groups attached to an aromatic ring is 1. The van der Waals surface area contributed by atoms with E-state index in [0.29, 0.717) is 11.4 Å². The Labute approximate surface area is 106 Å². The summed E-state index contributed by atoms with van der Waals surface area (Å²) in [5, 5.41) is 2.85. The van der Waals surface area contributed by atoms with E-state index in [1.54, 1.807) is 6.07 Å². The number of benzene rings is 1. The maximum Gasteiger partial charge on any atom is 0.291 e. The quantitative estimate of drug-likeness (QED) is 0.798. The van der Waals surface area contributed by atoms with E-state index in [1.165, 1.54) is 6.26 Å². The molecule has 1 heterocycles. The first kappa shape index (κ1) is 12.2. The molecule has 0 saturated heterocycles. The van der Waals surface area contributed by atoms with Crippen molar-refractivity contribution in [3.63, 3.8) is 0 Å². The van der Waals surface area contributed by atoms with Gasteiger partial charge in [-0.2, -0.15) is 0 Å². The number of carbonyl (C=O) groups is 1. The minimum absolute atomic E-state index is 0.255. The van der Waals surface area contributed by atoms with Gasteiger partial charge in [0, 0.05) is 16.9 Å². The van der Waals surface area contributed by atoms with Gasteiger partial charge in [0.1, 0.15) is 0 Å². The first-order chi connectivity index (χ1) is 8.50. The van der Waals surface area contributed by atoms with Gasteiger partial charge in [0.2, 0.25) is 0 Å². The van der Waals surface area contributed by atoms with Crippen LogP contribution in [0.15, 0.2) is 28.9 Å². The normalized spacial score (nSPS) is 10.4. The predicted molar refractivity (Wildman–Crippen MR) is 71.7 cm³/mol. The van der Waals surface area contributed by atoms with Gasteiger partial charge in [0.05, 0.1) is 6.26 Å². The van der Waals surface area contributed by atoms with Crippen LogP contribution in [-0.4, -0.2) is 5.91 Å². The fraction of sp³-hybridized carbons (Fsp3) is 0.214. The minimum atomic E-state index is -0.255. The Bertz CT molecular complexity index is 600. The molecule has 3 N–H and O–H groups in total. The van der Waals surface area contributed by atoms with E-state index in [4.69, 9.17) is 10.2 Å². The van der Waals surface area contributed by atoms with E-state index >= 15 is 0 Å². The zero-order valence-electron chi connectivity index (χ0n) is 10.7. The van der Waals surface area contributed by atoms with Gasteiger partial charge in [-0.25, -0.2) is 0 Å². The molecule has 2 rings (SSSR count). The first-order valence-electron chi connectivity index (χ1n) is 5.72. The second-order valence-electron chi connectivity index (χ2n) is 4.36. The van der Waals surface area contributed by atoms with Crippen LogP contribution in [0.4, 0.5) is 11.4 Å². The first-order valence-corrected chi connectivity index (χ1v) is 5.72. The molecule has 0 radical (unpaired) electrons.